The minimum Gasteiger partial charge on any atom is -0.470 e. The minimum atomic E-state index is -0.113. The van der Waals surface area contributed by atoms with Crippen LogP contribution in [-0.2, 0) is 0 Å². The van der Waals surface area contributed by atoms with Crippen molar-refractivity contribution in [3.63, 3.8) is 0 Å². The predicted octanol–water partition coefficient (Wildman–Crippen LogP) is 6.87. The fourth-order valence-electron chi connectivity index (χ4n) is 7.22. The summed E-state index contributed by atoms with van der Waals surface area (Å²) in [6.45, 7) is 6.51. The van der Waals surface area contributed by atoms with Gasteiger partial charge in [0.05, 0.1) is 47.1 Å². The SMILES string of the molecule is CCCC1CCNC1c1ncc(-c2ccc3c(c2)OC(C)n2c-3cc3cc(-c4cnc(C5CCCN5)[nH]4)ccc32)[nH]1. The Bertz CT molecular complexity index is 1720. The van der Waals surface area contributed by atoms with E-state index in [0.717, 1.165) is 65.0 Å². The van der Waals surface area contributed by atoms with Gasteiger partial charge in [0, 0.05) is 22.1 Å². The zero-order valence-electron chi connectivity index (χ0n) is 23.7. The van der Waals surface area contributed by atoms with Crippen LogP contribution < -0.4 is 15.4 Å². The number of hydrogen-bond donors (Lipinski definition) is 4. The molecule has 2 aromatic carbocycles. The second-order valence-electron chi connectivity index (χ2n) is 11.9. The molecule has 8 nitrogen and oxygen atoms in total. The summed E-state index contributed by atoms with van der Waals surface area (Å²) in [5.41, 5.74) is 7.80. The van der Waals surface area contributed by atoms with Crippen LogP contribution in [0.15, 0.2) is 54.9 Å². The fraction of sp³-hybridized carbons (Fsp3) is 0.394. The number of imidazole rings is 2. The van der Waals surface area contributed by atoms with Crippen LogP contribution in [0.25, 0.3) is 44.7 Å². The zero-order valence-corrected chi connectivity index (χ0v) is 23.7. The van der Waals surface area contributed by atoms with E-state index < -0.39 is 0 Å². The van der Waals surface area contributed by atoms with Crippen LogP contribution in [0.1, 0.15) is 75.9 Å². The summed E-state index contributed by atoms with van der Waals surface area (Å²) in [6.07, 6.45) is 9.80. The molecule has 41 heavy (non-hydrogen) atoms. The Morgan fingerprint density at radius 1 is 0.902 bits per heavy atom. The number of nitrogens with one attached hydrogen (secondary N) is 4. The Balaban J connectivity index is 1.10. The van der Waals surface area contributed by atoms with E-state index in [1.54, 1.807) is 0 Å². The number of aromatic nitrogens is 5. The Hall–Kier alpha value is -3.88. The fourth-order valence-corrected chi connectivity index (χ4v) is 7.22. The van der Waals surface area contributed by atoms with E-state index in [-0.39, 0.29) is 6.23 Å². The third kappa shape index (κ3) is 4.19. The Morgan fingerprint density at radius 2 is 1.71 bits per heavy atom. The van der Waals surface area contributed by atoms with E-state index in [9.17, 15) is 0 Å². The molecule has 3 aliphatic rings. The van der Waals surface area contributed by atoms with Crippen molar-refractivity contribution in [3.8, 4) is 39.5 Å². The molecule has 8 heteroatoms. The number of aromatic amines is 2. The molecular formula is C33H37N7O. The Kier molecular flexibility index (Phi) is 6.00. The molecule has 6 heterocycles. The van der Waals surface area contributed by atoms with E-state index in [2.05, 4.69) is 86.5 Å². The maximum atomic E-state index is 6.51. The standard InChI is InChI=1S/C33H37N7O/c1-3-5-20-11-13-35-31(20)33-37-18-27(39-33)22-7-9-24-29-15-23-14-21(26-17-36-32(38-26)25-6-4-12-34-25)8-10-28(23)40(29)19(2)41-30(24)16-22/h7-10,14-20,25,31,34-35H,3-6,11-13H2,1-2H3,(H,36,38)(H,37,39). The number of fused-ring (bicyclic) bond motifs is 5. The molecule has 3 aliphatic heterocycles. The quantitative estimate of drug-likeness (QED) is 0.186. The number of nitrogens with zero attached hydrogens (tertiary/aromatic N) is 3. The largest absolute Gasteiger partial charge is 0.470 e. The molecule has 0 bridgehead atoms. The van der Waals surface area contributed by atoms with Crippen LogP contribution in [0, 0.1) is 5.92 Å². The minimum absolute atomic E-state index is 0.113. The lowest BCUT2D eigenvalue weighted by Gasteiger charge is -2.27. The van der Waals surface area contributed by atoms with Crippen LogP contribution in [-0.4, -0.2) is 37.6 Å². The highest BCUT2D eigenvalue weighted by molar-refractivity contribution is 5.92. The van der Waals surface area contributed by atoms with Gasteiger partial charge in [-0.15, -0.1) is 0 Å². The number of benzene rings is 2. The van der Waals surface area contributed by atoms with Crippen LogP contribution in [0.3, 0.4) is 0 Å². The van der Waals surface area contributed by atoms with Gasteiger partial charge in [-0.05, 0) is 81.9 Å². The van der Waals surface area contributed by atoms with Crippen molar-refractivity contribution < 1.29 is 4.74 Å². The summed E-state index contributed by atoms with van der Waals surface area (Å²) in [6, 6.07) is 16.1. The van der Waals surface area contributed by atoms with Gasteiger partial charge in [-0.2, -0.15) is 0 Å². The summed E-state index contributed by atoms with van der Waals surface area (Å²) in [7, 11) is 0. The van der Waals surface area contributed by atoms with Crippen molar-refractivity contribution in [2.75, 3.05) is 13.1 Å². The third-order valence-corrected chi connectivity index (χ3v) is 9.27. The van der Waals surface area contributed by atoms with E-state index in [1.165, 1.54) is 42.3 Å². The molecular weight excluding hydrogens is 510 g/mol. The van der Waals surface area contributed by atoms with E-state index >= 15 is 0 Å². The van der Waals surface area contributed by atoms with E-state index in [0.29, 0.717) is 18.0 Å². The van der Waals surface area contributed by atoms with Crippen molar-refractivity contribution in [3.05, 3.63) is 66.5 Å². The smallest absolute Gasteiger partial charge is 0.173 e. The number of hydrogen-bond acceptors (Lipinski definition) is 5. The molecule has 4 unspecified atom stereocenters. The second-order valence-corrected chi connectivity index (χ2v) is 11.9. The van der Waals surface area contributed by atoms with Gasteiger partial charge in [0.2, 0.25) is 0 Å². The molecule has 0 spiro atoms. The normalized spacial score (nSPS) is 23.6. The molecule has 0 amide bonds. The monoisotopic (exact) mass is 547 g/mol. The first kappa shape index (κ1) is 24.9. The van der Waals surface area contributed by atoms with E-state index in [4.69, 9.17) is 9.72 Å². The van der Waals surface area contributed by atoms with Gasteiger partial charge in [-0.3, -0.25) is 0 Å². The maximum Gasteiger partial charge on any atom is 0.173 e. The Morgan fingerprint density at radius 3 is 2.54 bits per heavy atom. The maximum absolute atomic E-state index is 6.51. The molecule has 3 aromatic heterocycles. The van der Waals surface area contributed by atoms with Crippen LogP contribution in [0.5, 0.6) is 5.75 Å². The van der Waals surface area contributed by atoms with Gasteiger partial charge < -0.3 is 29.9 Å². The highest BCUT2D eigenvalue weighted by Crippen LogP contribution is 2.44. The first-order valence-corrected chi connectivity index (χ1v) is 15.2. The third-order valence-electron chi connectivity index (χ3n) is 9.27. The second kappa shape index (κ2) is 9.89. The lowest BCUT2D eigenvalue weighted by atomic mass is 9.95. The summed E-state index contributed by atoms with van der Waals surface area (Å²) in [5.74, 6) is 3.63. The van der Waals surface area contributed by atoms with Crippen molar-refractivity contribution in [1.82, 2.24) is 35.1 Å². The van der Waals surface area contributed by atoms with Gasteiger partial charge in [-0.1, -0.05) is 25.5 Å². The number of ether oxygens (including phenoxy) is 1. The molecule has 2 fully saturated rings. The summed E-state index contributed by atoms with van der Waals surface area (Å²) in [4.78, 5) is 16.6. The first-order chi connectivity index (χ1) is 20.2. The topological polar surface area (TPSA) is 95.6 Å². The molecule has 4 N–H and O–H groups in total. The van der Waals surface area contributed by atoms with Crippen LogP contribution in [0.4, 0.5) is 0 Å². The lowest BCUT2D eigenvalue weighted by Crippen LogP contribution is -2.19. The summed E-state index contributed by atoms with van der Waals surface area (Å²) < 4.78 is 8.81. The molecule has 5 aromatic rings. The lowest BCUT2D eigenvalue weighted by molar-refractivity contribution is 0.152. The highest BCUT2D eigenvalue weighted by atomic mass is 16.5. The van der Waals surface area contributed by atoms with Gasteiger partial charge in [0.25, 0.3) is 0 Å². The average molecular weight is 548 g/mol. The summed E-state index contributed by atoms with van der Waals surface area (Å²) in [5, 5.41) is 8.38. The summed E-state index contributed by atoms with van der Waals surface area (Å²) >= 11 is 0. The Labute approximate surface area is 240 Å². The molecule has 0 aliphatic carbocycles. The van der Waals surface area contributed by atoms with E-state index in [1.807, 2.05) is 12.4 Å². The number of H-pyrrole nitrogens is 2. The van der Waals surface area contributed by atoms with Crippen molar-refractivity contribution >= 4 is 10.9 Å². The van der Waals surface area contributed by atoms with Gasteiger partial charge >= 0.3 is 0 Å². The zero-order chi connectivity index (χ0) is 27.5. The molecule has 0 radical (unpaired) electrons. The number of rotatable bonds is 6. The van der Waals surface area contributed by atoms with Crippen molar-refractivity contribution in [2.45, 2.75) is 64.3 Å². The highest BCUT2D eigenvalue weighted by Gasteiger charge is 2.30. The van der Waals surface area contributed by atoms with Gasteiger partial charge in [-0.25, -0.2) is 9.97 Å². The molecule has 0 saturated carbocycles. The van der Waals surface area contributed by atoms with Crippen LogP contribution in [0.2, 0.25) is 0 Å². The molecule has 8 rings (SSSR count). The van der Waals surface area contributed by atoms with Crippen molar-refractivity contribution in [1.29, 1.82) is 0 Å². The van der Waals surface area contributed by atoms with Gasteiger partial charge in [0.1, 0.15) is 17.4 Å². The van der Waals surface area contributed by atoms with Crippen molar-refractivity contribution in [2.24, 2.45) is 5.92 Å². The molecule has 4 atom stereocenters. The molecule has 2 saturated heterocycles. The van der Waals surface area contributed by atoms with Gasteiger partial charge in [0.15, 0.2) is 6.23 Å². The first-order valence-electron chi connectivity index (χ1n) is 15.2. The average Bonchev–Trinajstić information content (AvgIpc) is 3.82. The molecule has 210 valence electrons. The van der Waals surface area contributed by atoms with Crippen LogP contribution >= 0.6 is 0 Å². The predicted molar refractivity (Wildman–Crippen MR) is 162 cm³/mol.